The second-order valence-electron chi connectivity index (χ2n) is 14.1. The van der Waals surface area contributed by atoms with Crippen molar-refractivity contribution in [3.05, 3.63) is 232 Å². The van der Waals surface area contributed by atoms with Crippen LogP contribution in [0.5, 0.6) is 0 Å². The molecule has 0 radical (unpaired) electrons. The average Bonchev–Trinajstić information content (AvgIpc) is 3.73. The smallest absolute Gasteiger partial charge is 1.00 e. The molecule has 9 rings (SSSR count). The van der Waals surface area contributed by atoms with Crippen molar-refractivity contribution in [3.63, 3.8) is 0 Å². The predicted octanol–water partition coefficient (Wildman–Crippen LogP) is 6.20. The summed E-state index contributed by atoms with van der Waals surface area (Å²) in [7, 11) is -2.48. The van der Waals surface area contributed by atoms with Crippen molar-refractivity contribution in [3.8, 4) is 0 Å². The number of allylic oxidation sites excluding steroid dienone is 8. The van der Waals surface area contributed by atoms with Crippen LogP contribution >= 0.6 is 0 Å². The van der Waals surface area contributed by atoms with Crippen LogP contribution in [0, 0.1) is 0 Å². The zero-order valence-corrected chi connectivity index (χ0v) is 34.2. The van der Waals surface area contributed by atoms with Gasteiger partial charge in [-0.15, -0.1) is 0 Å². The number of hydrogen-bond donors (Lipinski definition) is 0. The van der Waals surface area contributed by atoms with E-state index >= 15 is 0 Å². The van der Waals surface area contributed by atoms with Gasteiger partial charge in [-0.2, -0.15) is 0 Å². The molecule has 1 fully saturated rings. The molecule has 0 aromatic heterocycles. The summed E-state index contributed by atoms with van der Waals surface area (Å²) in [5.74, 6) is 0.562. The van der Waals surface area contributed by atoms with Gasteiger partial charge in [0.05, 0.1) is 0 Å². The van der Waals surface area contributed by atoms with Gasteiger partial charge in [-0.05, 0) is 0 Å². The van der Waals surface area contributed by atoms with Crippen molar-refractivity contribution < 1.29 is 48.0 Å². The molecule has 2 unspecified atom stereocenters. The molecular formula is C48H38Cl2SiZr. The van der Waals surface area contributed by atoms with Gasteiger partial charge in [0.2, 0.25) is 0 Å². The molecule has 0 saturated carbocycles. The molecule has 0 amide bonds. The summed E-state index contributed by atoms with van der Waals surface area (Å²) in [5, 5.41) is 3.37. The van der Waals surface area contributed by atoms with Crippen LogP contribution in [0.4, 0.5) is 0 Å². The fourth-order valence-corrected chi connectivity index (χ4v) is 18.6. The van der Waals surface area contributed by atoms with E-state index in [-0.39, 0.29) is 36.6 Å². The van der Waals surface area contributed by atoms with Crippen molar-refractivity contribution in [1.82, 2.24) is 0 Å². The molecule has 52 heavy (non-hydrogen) atoms. The molecular weight excluding hydrogens is 767 g/mol. The van der Waals surface area contributed by atoms with Crippen LogP contribution in [-0.2, 0) is 23.2 Å². The summed E-state index contributed by atoms with van der Waals surface area (Å²) in [5.41, 5.74) is 14.3. The van der Waals surface area contributed by atoms with E-state index in [1.165, 1.54) is 55.7 Å². The largest absolute Gasteiger partial charge is 1.00 e. The summed E-state index contributed by atoms with van der Waals surface area (Å²) in [4.78, 5) is 0. The van der Waals surface area contributed by atoms with Gasteiger partial charge in [-0.1, -0.05) is 0 Å². The number of hydrogen-bond acceptors (Lipinski definition) is 0. The van der Waals surface area contributed by atoms with Gasteiger partial charge in [0.15, 0.2) is 0 Å². The first-order valence-corrected chi connectivity index (χ1v) is 23.2. The second kappa shape index (κ2) is 15.1. The van der Waals surface area contributed by atoms with Crippen molar-refractivity contribution in [1.29, 1.82) is 0 Å². The summed E-state index contributed by atoms with van der Waals surface area (Å²) < 4.78 is 3.41. The molecule has 0 spiro atoms. The van der Waals surface area contributed by atoms with Crippen molar-refractivity contribution in [2.24, 2.45) is 0 Å². The first-order chi connectivity index (χ1) is 24.6. The third-order valence-corrected chi connectivity index (χ3v) is 18.6. The molecule has 4 heteroatoms. The van der Waals surface area contributed by atoms with Gasteiger partial charge in [-0.3, -0.25) is 0 Å². The Morgan fingerprint density at radius 1 is 0.346 bits per heavy atom. The van der Waals surface area contributed by atoms with Crippen LogP contribution < -0.4 is 24.8 Å². The molecule has 1 heterocycles. The maximum atomic E-state index is 2.68. The summed E-state index contributed by atoms with van der Waals surface area (Å²) in [6.45, 7) is 5.37. The first-order valence-electron chi connectivity index (χ1n) is 17.7. The quantitative estimate of drug-likeness (QED) is 0.176. The molecule has 1 aliphatic heterocycles. The Morgan fingerprint density at radius 2 is 0.596 bits per heavy atom. The van der Waals surface area contributed by atoms with Crippen LogP contribution in [0.1, 0.15) is 45.2 Å². The van der Waals surface area contributed by atoms with E-state index in [0.29, 0.717) is 0 Å². The number of halogens is 2. The third kappa shape index (κ3) is 6.05. The summed E-state index contributed by atoms with van der Waals surface area (Å²) in [6.07, 6.45) is 0. The minimum atomic E-state index is -2.48. The van der Waals surface area contributed by atoms with Crippen LogP contribution in [-0.4, -0.2) is 8.07 Å². The Morgan fingerprint density at radius 3 is 0.885 bits per heavy atom. The van der Waals surface area contributed by atoms with Crippen LogP contribution in [0.25, 0.3) is 22.3 Å². The topological polar surface area (TPSA) is 0 Å². The van der Waals surface area contributed by atoms with Crippen LogP contribution in [0.2, 0.25) is 13.1 Å². The molecule has 0 N–H and O–H groups in total. The monoisotopic (exact) mass is 802 g/mol. The third-order valence-electron chi connectivity index (χ3n) is 10.9. The Labute approximate surface area is 333 Å². The molecule has 6 aromatic carbocycles. The van der Waals surface area contributed by atoms with Crippen molar-refractivity contribution in [2.45, 2.75) is 24.9 Å². The van der Waals surface area contributed by atoms with E-state index in [0.717, 1.165) is 0 Å². The van der Waals surface area contributed by atoms with E-state index in [4.69, 9.17) is 0 Å². The summed E-state index contributed by atoms with van der Waals surface area (Å²) >= 11 is -1.46. The minimum absolute atomic E-state index is 0. The zero-order chi connectivity index (χ0) is 33.7. The van der Waals surface area contributed by atoms with E-state index in [1.807, 2.05) is 0 Å². The normalized spacial score (nSPS) is 18.5. The van der Waals surface area contributed by atoms with Crippen LogP contribution in [0.3, 0.4) is 0 Å². The Hall–Kier alpha value is -4.04. The predicted molar refractivity (Wildman–Crippen MR) is 209 cm³/mol. The minimum Gasteiger partial charge on any atom is -1.00 e. The van der Waals surface area contributed by atoms with Gasteiger partial charge >= 0.3 is 311 Å². The Bertz CT molecular complexity index is 2160. The fraction of sp³-hybridized carbons (Fsp3) is 0.0833. The molecule has 0 nitrogen and oxygen atoms in total. The fourth-order valence-electron chi connectivity index (χ4n) is 8.89. The molecule has 2 atom stereocenters. The van der Waals surface area contributed by atoms with Gasteiger partial charge in [0.25, 0.3) is 0 Å². The number of rotatable bonds is 6. The van der Waals surface area contributed by atoms with Crippen LogP contribution in [0.15, 0.2) is 199 Å². The standard InChI is InChI=1S/C48H38Si.2ClH.Zr/c1-49(2,47-43(37-25-13-5-14-26-37)33-41(35-21-9-3-10-22-35)45(47)39-29-17-7-18-30-39)48-44(38-27-15-6-16-28-38)34-42(36-23-11-4-12-24-36)46(48)40-31-19-8-20-32-40;;;/h3-32,43-44H,1-2H3;2*1H;/q;;;+2/p-2. The van der Waals surface area contributed by atoms with Crippen molar-refractivity contribution >= 4 is 30.4 Å². The maximum absolute atomic E-state index is 2.68. The SMILES string of the molecule is C[Si]1(C)C2=C(c3ccccc3)C(c3ccccc3)=[C]([Zr+2][C]3=C(c4ccccc4)C(c4ccccc4)=C1C3c1ccccc1)C2c1ccccc1.[Cl-].[Cl-]. The van der Waals surface area contributed by atoms with Crippen molar-refractivity contribution in [2.75, 3.05) is 0 Å². The zero-order valence-electron chi connectivity index (χ0n) is 29.2. The first kappa shape index (κ1) is 36.3. The molecule has 1 saturated heterocycles. The molecule has 252 valence electrons. The average molecular weight is 805 g/mol. The van der Waals surface area contributed by atoms with Gasteiger partial charge in [0.1, 0.15) is 0 Å². The Balaban J connectivity index is 0.00000210. The number of benzene rings is 6. The molecule has 2 aliphatic carbocycles. The van der Waals surface area contributed by atoms with E-state index in [1.54, 1.807) is 17.0 Å². The van der Waals surface area contributed by atoms with Gasteiger partial charge in [-0.25, -0.2) is 0 Å². The van der Waals surface area contributed by atoms with E-state index in [9.17, 15) is 0 Å². The Kier molecular flexibility index (Phi) is 10.6. The van der Waals surface area contributed by atoms with Gasteiger partial charge < -0.3 is 24.8 Å². The second-order valence-corrected chi connectivity index (χ2v) is 21.6. The molecule has 4 bridgehead atoms. The summed E-state index contributed by atoms with van der Waals surface area (Å²) in [6, 6.07) is 68.4. The van der Waals surface area contributed by atoms with E-state index in [2.05, 4.69) is 195 Å². The number of fused-ring (bicyclic) bond motifs is 4. The molecule has 3 aliphatic rings. The van der Waals surface area contributed by atoms with E-state index < -0.39 is 31.3 Å². The maximum Gasteiger partial charge on any atom is -1.00 e. The molecule has 6 aromatic rings. The van der Waals surface area contributed by atoms with Gasteiger partial charge in [0, 0.05) is 0 Å².